The van der Waals surface area contributed by atoms with E-state index in [1.807, 2.05) is 18.2 Å². The lowest BCUT2D eigenvalue weighted by Gasteiger charge is -2.20. The first-order chi connectivity index (χ1) is 8.33. The van der Waals surface area contributed by atoms with E-state index in [4.69, 9.17) is 11.3 Å². The third kappa shape index (κ3) is 4.10. The smallest absolute Gasteiger partial charge is 0.412 e. The van der Waals surface area contributed by atoms with Crippen LogP contribution in [-0.4, -0.2) is 11.7 Å². The van der Waals surface area contributed by atoms with Crippen LogP contribution in [0.3, 0.4) is 0 Å². The van der Waals surface area contributed by atoms with Gasteiger partial charge in [-0.25, -0.2) is 11.4 Å². The Labute approximate surface area is 108 Å². The molecule has 4 nitrogen and oxygen atoms in total. The Morgan fingerprint density at radius 1 is 1.39 bits per heavy atom. The minimum atomic E-state index is -0.537. The van der Waals surface area contributed by atoms with Gasteiger partial charge in [-0.1, -0.05) is 12.1 Å². The molecular formula is C14H18N2O2. The van der Waals surface area contributed by atoms with Crippen molar-refractivity contribution in [2.24, 2.45) is 0 Å². The second-order valence-corrected chi connectivity index (χ2v) is 5.02. The Hall–Kier alpha value is -2.02. The van der Waals surface area contributed by atoms with Gasteiger partial charge in [-0.15, -0.1) is 0 Å². The molecule has 1 rings (SSSR count). The molecule has 0 radical (unpaired) electrons. The molecule has 1 N–H and O–H groups in total. The van der Waals surface area contributed by atoms with Crippen LogP contribution in [0.1, 0.15) is 39.3 Å². The summed E-state index contributed by atoms with van der Waals surface area (Å²) in [6.45, 7) is 14.3. The van der Waals surface area contributed by atoms with Gasteiger partial charge in [0, 0.05) is 6.92 Å². The lowest BCUT2D eigenvalue weighted by molar-refractivity contribution is 0.0636. The number of rotatable bonds is 2. The molecule has 0 spiro atoms. The van der Waals surface area contributed by atoms with Crippen molar-refractivity contribution in [2.45, 2.75) is 39.3 Å². The summed E-state index contributed by atoms with van der Waals surface area (Å²) in [5.74, 6) is 0. The molecule has 0 saturated carbocycles. The zero-order valence-electron chi connectivity index (χ0n) is 11.2. The van der Waals surface area contributed by atoms with Crippen molar-refractivity contribution >= 4 is 11.8 Å². The van der Waals surface area contributed by atoms with Gasteiger partial charge >= 0.3 is 6.09 Å². The number of carbonyl (C=O) groups is 1. The Bertz CT molecular complexity index is 469. The average molecular weight is 246 g/mol. The van der Waals surface area contributed by atoms with Gasteiger partial charge in [-0.05, 0) is 32.9 Å². The van der Waals surface area contributed by atoms with E-state index in [0.29, 0.717) is 5.69 Å². The molecular weight excluding hydrogens is 228 g/mol. The molecule has 0 aliphatic carbocycles. The number of hydrogen-bond acceptors (Lipinski definition) is 2. The van der Waals surface area contributed by atoms with Gasteiger partial charge in [0.05, 0.1) is 11.3 Å². The largest absolute Gasteiger partial charge is 0.444 e. The topological polar surface area (TPSA) is 42.7 Å². The Morgan fingerprint density at radius 3 is 2.56 bits per heavy atom. The molecule has 0 saturated heterocycles. The summed E-state index contributed by atoms with van der Waals surface area (Å²) in [4.78, 5) is 15.1. The second-order valence-electron chi connectivity index (χ2n) is 5.02. The molecule has 1 unspecified atom stereocenters. The maximum Gasteiger partial charge on any atom is 0.412 e. The maximum atomic E-state index is 11.7. The summed E-state index contributed by atoms with van der Waals surface area (Å²) in [5, 5.41) is 2.68. The van der Waals surface area contributed by atoms with Crippen LogP contribution in [0.2, 0.25) is 0 Å². The number of amides is 1. The van der Waals surface area contributed by atoms with Gasteiger partial charge < -0.3 is 9.58 Å². The van der Waals surface area contributed by atoms with Gasteiger partial charge in [0.2, 0.25) is 6.04 Å². The fourth-order valence-electron chi connectivity index (χ4n) is 1.46. The molecule has 0 fully saturated rings. The van der Waals surface area contributed by atoms with Crippen LogP contribution in [0.5, 0.6) is 0 Å². The molecule has 96 valence electrons. The highest BCUT2D eigenvalue weighted by Crippen LogP contribution is 2.25. The number of benzene rings is 1. The number of para-hydroxylation sites is 1. The third-order valence-electron chi connectivity index (χ3n) is 2.24. The summed E-state index contributed by atoms with van der Waals surface area (Å²) in [6.07, 6.45) is -0.507. The van der Waals surface area contributed by atoms with Gasteiger partial charge in [0.15, 0.2) is 0 Å². The third-order valence-corrected chi connectivity index (χ3v) is 2.24. The lowest BCUT2D eigenvalue weighted by Crippen LogP contribution is -2.27. The molecule has 1 aromatic carbocycles. The van der Waals surface area contributed by atoms with Crippen LogP contribution in [-0.2, 0) is 4.74 Å². The van der Waals surface area contributed by atoms with Crippen LogP contribution < -0.4 is 5.32 Å². The number of nitrogens with zero attached hydrogens (tertiary/aromatic N) is 1. The quantitative estimate of drug-likeness (QED) is 0.801. The fourth-order valence-corrected chi connectivity index (χ4v) is 1.46. The lowest BCUT2D eigenvalue weighted by atomic mass is 10.1. The fraction of sp³-hybridized carbons (Fsp3) is 0.429. The number of nitrogens with one attached hydrogen (secondary N) is 1. The molecule has 0 aliphatic heterocycles. The van der Waals surface area contributed by atoms with Crippen LogP contribution >= 0.6 is 0 Å². The van der Waals surface area contributed by atoms with Crippen molar-refractivity contribution in [2.75, 3.05) is 5.32 Å². The normalized spacial score (nSPS) is 12.4. The van der Waals surface area contributed by atoms with E-state index in [1.165, 1.54) is 0 Å². The Balaban J connectivity index is 2.86. The van der Waals surface area contributed by atoms with Crippen molar-refractivity contribution in [3.63, 3.8) is 0 Å². The zero-order chi connectivity index (χ0) is 13.8. The summed E-state index contributed by atoms with van der Waals surface area (Å²) >= 11 is 0. The molecule has 0 aliphatic rings. The molecule has 1 amide bonds. The molecule has 4 heteroatoms. The Kier molecular flexibility index (Phi) is 4.33. The van der Waals surface area contributed by atoms with Crippen LogP contribution in [0, 0.1) is 6.57 Å². The van der Waals surface area contributed by atoms with Crippen molar-refractivity contribution in [1.82, 2.24) is 0 Å². The van der Waals surface area contributed by atoms with Crippen LogP contribution in [0.4, 0.5) is 10.5 Å². The predicted molar refractivity (Wildman–Crippen MR) is 71.3 cm³/mol. The SMILES string of the molecule is [C-]#[N+]C(C)c1ccccc1NC(=O)OC(C)(C)C. The molecule has 0 heterocycles. The van der Waals surface area contributed by atoms with Gasteiger partial charge in [0.1, 0.15) is 5.60 Å². The first-order valence-corrected chi connectivity index (χ1v) is 5.79. The van der Waals surface area contributed by atoms with Crippen LogP contribution in [0.15, 0.2) is 24.3 Å². The molecule has 18 heavy (non-hydrogen) atoms. The number of hydrogen-bond donors (Lipinski definition) is 1. The van der Waals surface area contributed by atoms with Crippen molar-refractivity contribution in [1.29, 1.82) is 0 Å². The molecule has 1 atom stereocenters. The van der Waals surface area contributed by atoms with E-state index in [0.717, 1.165) is 5.56 Å². The summed E-state index contributed by atoms with van der Waals surface area (Å²) < 4.78 is 5.18. The average Bonchev–Trinajstić information content (AvgIpc) is 2.26. The first kappa shape index (κ1) is 14.0. The van der Waals surface area contributed by atoms with Crippen molar-refractivity contribution in [3.05, 3.63) is 41.2 Å². The molecule has 1 aromatic rings. The highest BCUT2D eigenvalue weighted by atomic mass is 16.6. The molecule has 0 aromatic heterocycles. The zero-order valence-corrected chi connectivity index (χ0v) is 11.2. The summed E-state index contributed by atoms with van der Waals surface area (Å²) in [5.41, 5.74) is 0.873. The van der Waals surface area contributed by atoms with E-state index in [9.17, 15) is 4.79 Å². The standard InChI is InChI=1S/C14H18N2O2/c1-10(15-5)11-8-6-7-9-12(11)16-13(17)18-14(2,3)4/h6-10H,1-4H3,(H,16,17). The minimum Gasteiger partial charge on any atom is -0.444 e. The van der Waals surface area contributed by atoms with E-state index in [-0.39, 0.29) is 6.04 Å². The highest BCUT2D eigenvalue weighted by molar-refractivity contribution is 5.86. The number of anilines is 1. The first-order valence-electron chi connectivity index (χ1n) is 5.79. The van der Waals surface area contributed by atoms with E-state index in [2.05, 4.69) is 10.2 Å². The maximum absolute atomic E-state index is 11.7. The van der Waals surface area contributed by atoms with Crippen LogP contribution in [0.25, 0.3) is 4.85 Å². The summed E-state index contributed by atoms with van der Waals surface area (Å²) in [7, 11) is 0. The van der Waals surface area contributed by atoms with E-state index < -0.39 is 11.7 Å². The van der Waals surface area contributed by atoms with Gasteiger partial charge in [-0.2, -0.15) is 0 Å². The molecule has 0 bridgehead atoms. The Morgan fingerprint density at radius 2 is 2.00 bits per heavy atom. The minimum absolute atomic E-state index is 0.295. The van der Waals surface area contributed by atoms with Gasteiger partial charge in [0.25, 0.3) is 0 Å². The van der Waals surface area contributed by atoms with E-state index in [1.54, 1.807) is 33.8 Å². The predicted octanol–water partition coefficient (Wildman–Crippen LogP) is 4.01. The van der Waals surface area contributed by atoms with Crippen molar-refractivity contribution < 1.29 is 9.53 Å². The van der Waals surface area contributed by atoms with Crippen molar-refractivity contribution in [3.8, 4) is 0 Å². The number of carbonyl (C=O) groups excluding carboxylic acids is 1. The highest BCUT2D eigenvalue weighted by Gasteiger charge is 2.19. The monoisotopic (exact) mass is 246 g/mol. The van der Waals surface area contributed by atoms with Gasteiger partial charge in [-0.3, -0.25) is 5.32 Å². The number of ether oxygens (including phenoxy) is 1. The summed E-state index contributed by atoms with van der Waals surface area (Å²) in [6, 6.07) is 6.96. The second kappa shape index (κ2) is 5.54. The van der Waals surface area contributed by atoms with E-state index >= 15 is 0 Å².